The number of sulfonamides is 1. The fraction of sp³-hybridized carbons (Fsp3) is 0.278. The number of ether oxygens (including phenoxy) is 2. The van der Waals surface area contributed by atoms with Crippen LogP contribution in [-0.4, -0.2) is 28.1 Å². The third-order valence-corrected chi connectivity index (χ3v) is 4.73. The third kappa shape index (κ3) is 5.88. The second-order valence-electron chi connectivity index (χ2n) is 5.35. The average Bonchev–Trinajstić information content (AvgIpc) is 2.60. The predicted molar refractivity (Wildman–Crippen MR) is 94.9 cm³/mol. The minimum atomic E-state index is -3.50. The van der Waals surface area contributed by atoms with E-state index in [9.17, 15) is 13.2 Å². The number of carbonyl (C=O) groups is 1. The zero-order chi connectivity index (χ0) is 18.3. The van der Waals surface area contributed by atoms with E-state index < -0.39 is 16.0 Å². The van der Waals surface area contributed by atoms with Gasteiger partial charge in [0, 0.05) is 6.54 Å². The Kier molecular flexibility index (Phi) is 6.55. The van der Waals surface area contributed by atoms with E-state index in [1.54, 1.807) is 30.3 Å². The lowest BCUT2D eigenvalue weighted by molar-refractivity contribution is 0.0600. The second-order valence-corrected chi connectivity index (χ2v) is 7.16. The van der Waals surface area contributed by atoms with Gasteiger partial charge in [0.2, 0.25) is 10.0 Å². The molecule has 2 rings (SSSR count). The topological polar surface area (TPSA) is 81.7 Å². The zero-order valence-corrected chi connectivity index (χ0v) is 15.0. The molecule has 0 radical (unpaired) electrons. The number of hydrogen-bond acceptors (Lipinski definition) is 5. The largest absolute Gasteiger partial charge is 0.494 e. The summed E-state index contributed by atoms with van der Waals surface area (Å²) in [7, 11) is -2.21. The molecule has 0 aliphatic rings. The number of nitrogens with one attached hydrogen (secondary N) is 1. The number of carbonyl (C=O) groups excluding carboxylic acids is 1. The molecule has 0 aliphatic heterocycles. The Morgan fingerprint density at radius 1 is 1.08 bits per heavy atom. The van der Waals surface area contributed by atoms with Crippen LogP contribution in [-0.2, 0) is 27.1 Å². The molecule has 0 heterocycles. The maximum Gasteiger partial charge on any atom is 0.337 e. The molecule has 2 aromatic rings. The van der Waals surface area contributed by atoms with Crippen LogP contribution in [0.5, 0.6) is 5.75 Å². The number of esters is 1. The molecule has 1 N–H and O–H groups in total. The standard InChI is InChI=1S/C18H21NO5S/c1-3-24-17-6-4-5-15(11-17)12-19-25(21,22)13-14-7-9-16(10-8-14)18(20)23-2/h4-11,19H,3,12-13H2,1-2H3. The van der Waals surface area contributed by atoms with Gasteiger partial charge in [-0.1, -0.05) is 24.3 Å². The van der Waals surface area contributed by atoms with Gasteiger partial charge in [0.1, 0.15) is 5.75 Å². The van der Waals surface area contributed by atoms with E-state index in [4.69, 9.17) is 4.74 Å². The molecule has 0 fully saturated rings. The lowest BCUT2D eigenvalue weighted by atomic mass is 10.1. The average molecular weight is 363 g/mol. The Morgan fingerprint density at radius 2 is 1.80 bits per heavy atom. The lowest BCUT2D eigenvalue weighted by Gasteiger charge is -2.09. The molecule has 134 valence electrons. The van der Waals surface area contributed by atoms with Gasteiger partial charge in [0.15, 0.2) is 0 Å². The van der Waals surface area contributed by atoms with Crippen molar-refractivity contribution in [3.63, 3.8) is 0 Å². The van der Waals surface area contributed by atoms with Gasteiger partial charge in [0.25, 0.3) is 0 Å². The monoisotopic (exact) mass is 363 g/mol. The van der Waals surface area contributed by atoms with Crippen molar-refractivity contribution >= 4 is 16.0 Å². The zero-order valence-electron chi connectivity index (χ0n) is 14.2. The summed E-state index contributed by atoms with van der Waals surface area (Å²) >= 11 is 0. The van der Waals surface area contributed by atoms with Crippen molar-refractivity contribution in [1.82, 2.24) is 4.72 Å². The van der Waals surface area contributed by atoms with Crippen molar-refractivity contribution in [1.29, 1.82) is 0 Å². The Balaban J connectivity index is 1.97. The molecule has 0 aromatic heterocycles. The van der Waals surface area contributed by atoms with Crippen molar-refractivity contribution in [2.75, 3.05) is 13.7 Å². The summed E-state index contributed by atoms with van der Waals surface area (Å²) in [4.78, 5) is 11.4. The van der Waals surface area contributed by atoms with Crippen LogP contribution in [0.15, 0.2) is 48.5 Å². The summed E-state index contributed by atoms with van der Waals surface area (Å²) in [6.07, 6.45) is 0. The molecule has 0 amide bonds. The van der Waals surface area contributed by atoms with E-state index in [1.807, 2.05) is 25.1 Å². The molecular weight excluding hydrogens is 342 g/mol. The predicted octanol–water partition coefficient (Wildman–Crippen LogP) is 2.49. The summed E-state index contributed by atoms with van der Waals surface area (Å²) in [5, 5.41) is 0. The highest BCUT2D eigenvalue weighted by Crippen LogP contribution is 2.14. The summed E-state index contributed by atoms with van der Waals surface area (Å²) in [5.41, 5.74) is 1.78. The summed E-state index contributed by atoms with van der Waals surface area (Å²) in [6.45, 7) is 2.63. The highest BCUT2D eigenvalue weighted by molar-refractivity contribution is 7.88. The van der Waals surface area contributed by atoms with E-state index in [-0.39, 0.29) is 12.3 Å². The Labute approximate surface area is 147 Å². The lowest BCUT2D eigenvalue weighted by Crippen LogP contribution is -2.24. The summed E-state index contributed by atoms with van der Waals surface area (Å²) in [6, 6.07) is 13.6. The molecule has 25 heavy (non-hydrogen) atoms. The normalized spacial score (nSPS) is 11.1. The SMILES string of the molecule is CCOc1cccc(CNS(=O)(=O)Cc2ccc(C(=O)OC)cc2)c1. The molecule has 0 unspecified atom stereocenters. The van der Waals surface area contributed by atoms with Crippen LogP contribution in [0.2, 0.25) is 0 Å². The van der Waals surface area contributed by atoms with Crippen LogP contribution < -0.4 is 9.46 Å². The molecule has 2 aromatic carbocycles. The van der Waals surface area contributed by atoms with Gasteiger partial charge in [-0.2, -0.15) is 0 Å². The minimum Gasteiger partial charge on any atom is -0.494 e. The van der Waals surface area contributed by atoms with E-state index in [0.717, 1.165) is 5.56 Å². The van der Waals surface area contributed by atoms with E-state index >= 15 is 0 Å². The molecule has 0 aliphatic carbocycles. The van der Waals surface area contributed by atoms with Crippen LogP contribution >= 0.6 is 0 Å². The number of rotatable bonds is 8. The van der Waals surface area contributed by atoms with Gasteiger partial charge < -0.3 is 9.47 Å². The van der Waals surface area contributed by atoms with E-state index in [2.05, 4.69) is 9.46 Å². The number of hydrogen-bond donors (Lipinski definition) is 1. The third-order valence-electron chi connectivity index (χ3n) is 3.44. The Bertz CT molecular complexity index is 816. The Morgan fingerprint density at radius 3 is 2.44 bits per heavy atom. The van der Waals surface area contributed by atoms with Gasteiger partial charge in [0.05, 0.1) is 25.0 Å². The van der Waals surface area contributed by atoms with Gasteiger partial charge in [-0.15, -0.1) is 0 Å². The van der Waals surface area contributed by atoms with E-state index in [0.29, 0.717) is 23.5 Å². The highest BCUT2D eigenvalue weighted by atomic mass is 32.2. The van der Waals surface area contributed by atoms with Crippen molar-refractivity contribution in [3.05, 3.63) is 65.2 Å². The molecule has 7 heteroatoms. The minimum absolute atomic E-state index is 0.167. The first kappa shape index (κ1) is 19.0. The van der Waals surface area contributed by atoms with Crippen molar-refractivity contribution in [2.24, 2.45) is 0 Å². The smallest absolute Gasteiger partial charge is 0.337 e. The number of benzene rings is 2. The van der Waals surface area contributed by atoms with E-state index in [1.165, 1.54) is 7.11 Å². The van der Waals surface area contributed by atoms with Gasteiger partial charge >= 0.3 is 5.97 Å². The molecular formula is C18H21NO5S. The first-order chi connectivity index (χ1) is 11.9. The quantitative estimate of drug-likeness (QED) is 0.729. The van der Waals surface area contributed by atoms with Crippen LogP contribution in [0, 0.1) is 0 Å². The molecule has 0 saturated heterocycles. The molecule has 0 spiro atoms. The summed E-state index contributed by atoms with van der Waals surface area (Å²) < 4.78 is 37.0. The second kappa shape index (κ2) is 8.64. The maximum atomic E-state index is 12.2. The van der Waals surface area contributed by atoms with Crippen molar-refractivity contribution in [2.45, 2.75) is 19.2 Å². The fourth-order valence-corrected chi connectivity index (χ4v) is 3.35. The maximum absolute atomic E-state index is 12.2. The van der Waals surface area contributed by atoms with Crippen molar-refractivity contribution in [3.8, 4) is 5.75 Å². The first-order valence-corrected chi connectivity index (χ1v) is 9.45. The van der Waals surface area contributed by atoms with Crippen LogP contribution in [0.25, 0.3) is 0 Å². The van der Waals surface area contributed by atoms with Crippen LogP contribution in [0.4, 0.5) is 0 Å². The molecule has 0 bridgehead atoms. The molecule has 0 saturated carbocycles. The van der Waals surface area contributed by atoms with Crippen LogP contribution in [0.1, 0.15) is 28.4 Å². The highest BCUT2D eigenvalue weighted by Gasteiger charge is 2.12. The Hall–Kier alpha value is -2.38. The first-order valence-electron chi connectivity index (χ1n) is 7.80. The van der Waals surface area contributed by atoms with Crippen LogP contribution in [0.3, 0.4) is 0 Å². The van der Waals surface area contributed by atoms with Gasteiger partial charge in [-0.25, -0.2) is 17.9 Å². The van der Waals surface area contributed by atoms with Gasteiger partial charge in [-0.05, 0) is 42.3 Å². The number of methoxy groups -OCH3 is 1. The van der Waals surface area contributed by atoms with Crippen molar-refractivity contribution < 1.29 is 22.7 Å². The summed E-state index contributed by atoms with van der Waals surface area (Å²) in [5.74, 6) is 0.0823. The fourth-order valence-electron chi connectivity index (χ4n) is 2.23. The molecule has 0 atom stereocenters. The molecule has 6 nitrogen and oxygen atoms in total. The van der Waals surface area contributed by atoms with Gasteiger partial charge in [-0.3, -0.25) is 0 Å².